The quantitative estimate of drug-likeness (QED) is 0.406. The van der Waals surface area contributed by atoms with Gasteiger partial charge in [-0.25, -0.2) is 0 Å². The van der Waals surface area contributed by atoms with Crippen LogP contribution in [0.2, 0.25) is 0 Å². The van der Waals surface area contributed by atoms with Crippen LogP contribution in [0.15, 0.2) is 85.2 Å². The van der Waals surface area contributed by atoms with Crippen molar-refractivity contribution in [1.29, 1.82) is 0 Å². The Hall–Kier alpha value is -3.26. The van der Waals surface area contributed by atoms with Crippen LogP contribution >= 0.6 is 0 Å². The van der Waals surface area contributed by atoms with Crippen LogP contribution in [0.4, 0.5) is 0 Å². The summed E-state index contributed by atoms with van der Waals surface area (Å²) in [6.07, 6.45) is 3.91. The standard InChI is InChI=1S/C27H20N2/c1-27-24-18-10-4-2-8-16(18)22(17-9-3-5-11-19(17)24)23(20-12-6-14-28-25(20)27)21-13-7-15-29-26(21)27/h2-15,22-24H,1H3. The van der Waals surface area contributed by atoms with Crippen molar-refractivity contribution in [3.05, 3.63) is 130 Å². The maximum atomic E-state index is 5.00. The molecular formula is C27H20N2. The first-order valence-corrected chi connectivity index (χ1v) is 10.4. The fourth-order valence-electron chi connectivity index (χ4n) is 6.55. The molecule has 10 rings (SSSR count). The summed E-state index contributed by atoms with van der Waals surface area (Å²) >= 11 is 0. The predicted octanol–water partition coefficient (Wildman–Crippen LogP) is 5.52. The van der Waals surface area contributed by atoms with E-state index in [0.717, 1.165) is 0 Å². The average molecular weight is 372 g/mol. The van der Waals surface area contributed by atoms with Gasteiger partial charge in [-0.2, -0.15) is 0 Å². The van der Waals surface area contributed by atoms with Crippen LogP contribution < -0.4 is 0 Å². The molecule has 0 fully saturated rings. The van der Waals surface area contributed by atoms with Crippen LogP contribution in [0.3, 0.4) is 0 Å². The van der Waals surface area contributed by atoms with Crippen LogP contribution in [-0.4, -0.2) is 9.97 Å². The fourth-order valence-corrected chi connectivity index (χ4v) is 6.55. The number of pyridine rings is 2. The van der Waals surface area contributed by atoms with Gasteiger partial charge in [0, 0.05) is 30.1 Å². The molecule has 0 unspecified atom stereocenters. The number of rotatable bonds is 0. The van der Waals surface area contributed by atoms with E-state index >= 15 is 0 Å². The average Bonchev–Trinajstić information content (AvgIpc) is 2.77. The number of nitrogens with zero attached hydrogens (tertiary/aromatic N) is 2. The third kappa shape index (κ3) is 1.70. The topological polar surface area (TPSA) is 25.8 Å². The summed E-state index contributed by atoms with van der Waals surface area (Å²) in [6, 6.07) is 26.9. The van der Waals surface area contributed by atoms with Gasteiger partial charge in [0.2, 0.25) is 0 Å². The van der Waals surface area contributed by atoms with Crippen molar-refractivity contribution >= 4 is 0 Å². The second-order valence-corrected chi connectivity index (χ2v) is 8.73. The van der Waals surface area contributed by atoms with E-state index in [1.807, 2.05) is 12.4 Å². The second-order valence-electron chi connectivity index (χ2n) is 8.73. The molecule has 0 aliphatic heterocycles. The van der Waals surface area contributed by atoms with Crippen LogP contribution in [0.5, 0.6) is 0 Å². The molecule has 0 radical (unpaired) electrons. The summed E-state index contributed by atoms with van der Waals surface area (Å²) in [5.74, 6) is 0.725. The molecule has 138 valence electrons. The van der Waals surface area contributed by atoms with E-state index in [4.69, 9.17) is 9.97 Å². The third-order valence-electron chi connectivity index (χ3n) is 7.53. The van der Waals surface area contributed by atoms with Gasteiger partial charge in [0.15, 0.2) is 0 Å². The van der Waals surface area contributed by atoms with E-state index in [9.17, 15) is 0 Å². The summed E-state index contributed by atoms with van der Waals surface area (Å²) in [5.41, 5.74) is 10.7. The van der Waals surface area contributed by atoms with E-state index in [1.54, 1.807) is 0 Å². The molecule has 2 aromatic carbocycles. The van der Waals surface area contributed by atoms with Crippen molar-refractivity contribution in [3.8, 4) is 0 Å². The molecule has 0 spiro atoms. The molecule has 4 bridgehead atoms. The van der Waals surface area contributed by atoms with Gasteiger partial charge in [-0.05, 0) is 52.4 Å². The molecular weight excluding hydrogens is 352 g/mol. The Morgan fingerprint density at radius 3 is 1.48 bits per heavy atom. The van der Waals surface area contributed by atoms with Gasteiger partial charge < -0.3 is 0 Å². The molecule has 2 nitrogen and oxygen atoms in total. The highest BCUT2D eigenvalue weighted by Crippen LogP contribution is 2.65. The summed E-state index contributed by atoms with van der Waals surface area (Å²) in [5, 5.41) is 0. The molecule has 0 amide bonds. The Bertz CT molecular complexity index is 1210. The van der Waals surface area contributed by atoms with Crippen LogP contribution in [0.25, 0.3) is 0 Å². The van der Waals surface area contributed by atoms with Gasteiger partial charge in [0.1, 0.15) is 0 Å². The van der Waals surface area contributed by atoms with Crippen LogP contribution in [-0.2, 0) is 5.41 Å². The normalized spacial score (nSPS) is 27.3. The lowest BCUT2D eigenvalue weighted by atomic mass is 9.49. The minimum absolute atomic E-state index is 0.203. The van der Waals surface area contributed by atoms with E-state index in [2.05, 4.69) is 79.7 Å². The van der Waals surface area contributed by atoms with Gasteiger partial charge in [-0.3, -0.25) is 9.97 Å². The molecule has 2 aromatic heterocycles. The number of benzene rings is 2. The summed E-state index contributed by atoms with van der Waals surface area (Å²) in [4.78, 5) is 10.00. The highest BCUT2D eigenvalue weighted by atomic mass is 14.8. The van der Waals surface area contributed by atoms with E-state index < -0.39 is 0 Å². The lowest BCUT2D eigenvalue weighted by molar-refractivity contribution is 0.397. The lowest BCUT2D eigenvalue weighted by Crippen LogP contribution is -2.46. The SMILES string of the molecule is CC12c3ncccc3C(c3cccnc31)C1c3ccccc3C2c2ccccc21. The van der Waals surface area contributed by atoms with Gasteiger partial charge in [0.05, 0.1) is 16.8 Å². The molecule has 0 saturated heterocycles. The molecule has 4 aromatic rings. The minimum Gasteiger partial charge on any atom is -0.260 e. The molecule has 29 heavy (non-hydrogen) atoms. The predicted molar refractivity (Wildman–Crippen MR) is 113 cm³/mol. The zero-order valence-electron chi connectivity index (χ0n) is 16.2. The zero-order chi connectivity index (χ0) is 19.2. The van der Waals surface area contributed by atoms with E-state index in [1.165, 1.54) is 44.8 Å². The highest BCUT2D eigenvalue weighted by molar-refractivity contribution is 5.67. The third-order valence-corrected chi connectivity index (χ3v) is 7.53. The van der Waals surface area contributed by atoms with Gasteiger partial charge in [-0.1, -0.05) is 60.7 Å². The fraction of sp³-hybridized carbons (Fsp3) is 0.185. The first kappa shape index (κ1) is 15.6. The zero-order valence-corrected chi connectivity index (χ0v) is 16.2. The maximum absolute atomic E-state index is 5.00. The van der Waals surface area contributed by atoms with Gasteiger partial charge in [-0.15, -0.1) is 0 Å². The first-order chi connectivity index (χ1) is 14.3. The molecule has 6 aliphatic carbocycles. The van der Waals surface area contributed by atoms with E-state index in [-0.39, 0.29) is 23.2 Å². The maximum Gasteiger partial charge on any atom is 0.0634 e. The Morgan fingerprint density at radius 2 is 0.966 bits per heavy atom. The van der Waals surface area contributed by atoms with E-state index in [0.29, 0.717) is 0 Å². The first-order valence-electron chi connectivity index (χ1n) is 10.4. The smallest absolute Gasteiger partial charge is 0.0634 e. The number of aromatic nitrogens is 2. The van der Waals surface area contributed by atoms with Crippen molar-refractivity contribution in [1.82, 2.24) is 9.97 Å². The molecule has 0 saturated carbocycles. The summed E-state index contributed by atoms with van der Waals surface area (Å²) in [6.45, 7) is 2.37. The van der Waals surface area contributed by atoms with Gasteiger partial charge >= 0.3 is 0 Å². The highest BCUT2D eigenvalue weighted by Gasteiger charge is 2.56. The van der Waals surface area contributed by atoms with Crippen LogP contribution in [0.1, 0.15) is 69.4 Å². The molecule has 0 atom stereocenters. The van der Waals surface area contributed by atoms with Gasteiger partial charge in [0.25, 0.3) is 0 Å². The molecule has 2 heteroatoms. The number of hydrogen-bond donors (Lipinski definition) is 0. The molecule has 0 N–H and O–H groups in total. The summed E-state index contributed by atoms with van der Waals surface area (Å²) < 4.78 is 0. The van der Waals surface area contributed by atoms with Crippen molar-refractivity contribution < 1.29 is 0 Å². The number of hydrogen-bond acceptors (Lipinski definition) is 2. The molecule has 6 aliphatic rings. The van der Waals surface area contributed by atoms with Crippen molar-refractivity contribution in [3.63, 3.8) is 0 Å². The second kappa shape index (κ2) is 5.21. The monoisotopic (exact) mass is 372 g/mol. The van der Waals surface area contributed by atoms with Crippen molar-refractivity contribution in [2.75, 3.05) is 0 Å². The summed E-state index contributed by atoms with van der Waals surface area (Å²) in [7, 11) is 0. The Balaban J connectivity index is 1.73. The molecule has 2 heterocycles. The van der Waals surface area contributed by atoms with Crippen molar-refractivity contribution in [2.24, 2.45) is 0 Å². The Labute approximate surface area is 170 Å². The minimum atomic E-state index is -0.304. The lowest BCUT2D eigenvalue weighted by Gasteiger charge is -2.53. The Kier molecular flexibility index (Phi) is 2.81. The Morgan fingerprint density at radius 1 is 0.552 bits per heavy atom. The van der Waals surface area contributed by atoms with Crippen LogP contribution in [0, 0.1) is 0 Å². The largest absolute Gasteiger partial charge is 0.260 e. The van der Waals surface area contributed by atoms with Crippen molar-refractivity contribution in [2.45, 2.75) is 30.1 Å².